The average Bonchev–Trinajstić information content (AvgIpc) is 2.65. The van der Waals surface area contributed by atoms with Crippen molar-refractivity contribution in [2.45, 2.75) is 39.3 Å². The zero-order chi connectivity index (χ0) is 18.5. The van der Waals surface area contributed by atoms with Crippen LogP contribution in [0.3, 0.4) is 0 Å². The highest BCUT2D eigenvalue weighted by atomic mass is 16.2. The molecular weight excluding hydrogens is 326 g/mol. The van der Waals surface area contributed by atoms with Gasteiger partial charge in [0.2, 0.25) is 0 Å². The number of aryl methyl sites for hydroxylation is 2. The molecule has 1 fully saturated rings. The van der Waals surface area contributed by atoms with E-state index in [9.17, 15) is 4.79 Å². The van der Waals surface area contributed by atoms with Crippen molar-refractivity contribution < 1.29 is 4.79 Å². The Hall–Kier alpha value is -2.63. The van der Waals surface area contributed by atoms with Crippen LogP contribution in [0.4, 0.5) is 10.6 Å². The molecule has 0 unspecified atom stereocenters. The quantitative estimate of drug-likeness (QED) is 0.918. The Morgan fingerprint density at radius 1 is 1.31 bits per heavy atom. The summed E-state index contributed by atoms with van der Waals surface area (Å²) in [4.78, 5) is 16.6. The van der Waals surface area contributed by atoms with Gasteiger partial charge in [0.15, 0.2) is 5.82 Å². The Labute approximate surface area is 155 Å². The van der Waals surface area contributed by atoms with Crippen molar-refractivity contribution in [1.29, 1.82) is 0 Å². The summed E-state index contributed by atoms with van der Waals surface area (Å²) < 4.78 is 0. The van der Waals surface area contributed by atoms with Crippen LogP contribution in [0.5, 0.6) is 0 Å². The number of hydrogen-bond acceptors (Lipinski definition) is 4. The summed E-state index contributed by atoms with van der Waals surface area (Å²) in [5, 5.41) is 11.2. The first kappa shape index (κ1) is 18.2. The van der Waals surface area contributed by atoms with E-state index in [1.54, 1.807) is 6.20 Å². The molecule has 3 rings (SSSR count). The molecule has 6 heteroatoms. The maximum absolute atomic E-state index is 12.6. The van der Waals surface area contributed by atoms with Gasteiger partial charge in [-0.05, 0) is 44.4 Å². The highest BCUT2D eigenvalue weighted by Gasteiger charge is 2.26. The van der Waals surface area contributed by atoms with E-state index in [1.807, 2.05) is 24.1 Å². The molecule has 1 aromatic heterocycles. The number of rotatable bonds is 4. The lowest BCUT2D eigenvalue weighted by molar-refractivity contribution is 0.182. The molecule has 6 nitrogen and oxygen atoms in total. The van der Waals surface area contributed by atoms with Crippen molar-refractivity contribution in [3.05, 3.63) is 53.2 Å². The first-order valence-corrected chi connectivity index (χ1v) is 9.13. The summed E-state index contributed by atoms with van der Waals surface area (Å²) in [5.74, 6) is 0.876. The van der Waals surface area contributed by atoms with Crippen LogP contribution in [0.2, 0.25) is 0 Å². The monoisotopic (exact) mass is 353 g/mol. The number of carbonyl (C=O) groups excluding carboxylic acids is 1. The summed E-state index contributed by atoms with van der Waals surface area (Å²) in [5.41, 5.74) is 3.57. The van der Waals surface area contributed by atoms with E-state index in [1.165, 1.54) is 11.1 Å². The molecule has 1 atom stereocenters. The summed E-state index contributed by atoms with van der Waals surface area (Å²) in [6.45, 7) is 6.44. The number of hydrogen-bond donors (Lipinski definition) is 1. The molecule has 0 saturated carbocycles. The molecule has 1 aromatic carbocycles. The zero-order valence-electron chi connectivity index (χ0n) is 15.8. The van der Waals surface area contributed by atoms with E-state index in [0.29, 0.717) is 6.54 Å². The minimum Gasteiger partial charge on any atom is -0.353 e. The standard InChI is InChI=1S/C20H27N5O/c1-15-10-16(2)12-17(11-15)13-21-20(26)24(3)18-6-5-9-25(14-18)19-7-4-8-22-23-19/h4,7-8,10-12,18H,5-6,9,13-14H2,1-3H3,(H,21,26)/t18-/m1/s1. The highest BCUT2D eigenvalue weighted by Crippen LogP contribution is 2.19. The number of nitrogens with one attached hydrogen (secondary N) is 1. The number of amides is 2. The Morgan fingerprint density at radius 2 is 2.08 bits per heavy atom. The second-order valence-electron chi connectivity index (χ2n) is 7.09. The second kappa shape index (κ2) is 8.17. The minimum absolute atomic E-state index is 0.0323. The lowest BCUT2D eigenvalue weighted by Crippen LogP contribution is -2.51. The molecule has 0 radical (unpaired) electrons. The van der Waals surface area contributed by atoms with Gasteiger partial charge in [-0.3, -0.25) is 0 Å². The van der Waals surface area contributed by atoms with E-state index in [2.05, 4.69) is 52.5 Å². The van der Waals surface area contributed by atoms with Gasteiger partial charge < -0.3 is 15.1 Å². The topological polar surface area (TPSA) is 61.4 Å². The number of carbonyl (C=O) groups is 1. The number of urea groups is 1. The van der Waals surface area contributed by atoms with E-state index < -0.39 is 0 Å². The first-order valence-electron chi connectivity index (χ1n) is 9.13. The third-order valence-electron chi connectivity index (χ3n) is 4.87. The molecule has 26 heavy (non-hydrogen) atoms. The van der Waals surface area contributed by atoms with Crippen molar-refractivity contribution in [1.82, 2.24) is 20.4 Å². The number of benzene rings is 1. The fraction of sp³-hybridized carbons (Fsp3) is 0.450. The smallest absolute Gasteiger partial charge is 0.317 e. The van der Waals surface area contributed by atoms with Crippen molar-refractivity contribution in [2.24, 2.45) is 0 Å². The van der Waals surface area contributed by atoms with Gasteiger partial charge in [0.1, 0.15) is 0 Å². The van der Waals surface area contributed by atoms with Gasteiger partial charge in [-0.25, -0.2) is 4.79 Å². The number of nitrogens with zero attached hydrogens (tertiary/aromatic N) is 4. The van der Waals surface area contributed by atoms with Gasteiger partial charge >= 0.3 is 6.03 Å². The molecule has 0 spiro atoms. The minimum atomic E-state index is -0.0323. The fourth-order valence-electron chi connectivity index (χ4n) is 3.58. The number of likely N-dealkylation sites (N-methyl/N-ethyl adjacent to an activating group) is 1. The molecule has 2 heterocycles. The van der Waals surface area contributed by atoms with Crippen LogP contribution in [0.15, 0.2) is 36.5 Å². The third kappa shape index (κ3) is 4.50. The molecule has 138 valence electrons. The predicted octanol–water partition coefficient (Wildman–Crippen LogP) is 2.90. The van der Waals surface area contributed by atoms with Crippen molar-refractivity contribution >= 4 is 11.8 Å². The van der Waals surface area contributed by atoms with Crippen molar-refractivity contribution in [2.75, 3.05) is 25.0 Å². The van der Waals surface area contributed by atoms with Gasteiger partial charge in [-0.1, -0.05) is 29.3 Å². The Bertz CT molecular complexity index is 729. The number of piperidine rings is 1. The average molecular weight is 353 g/mol. The zero-order valence-corrected chi connectivity index (χ0v) is 15.8. The molecule has 1 saturated heterocycles. The Balaban J connectivity index is 1.57. The van der Waals surface area contributed by atoms with Crippen molar-refractivity contribution in [3.8, 4) is 0 Å². The van der Waals surface area contributed by atoms with E-state index >= 15 is 0 Å². The molecule has 2 aromatic rings. The van der Waals surface area contributed by atoms with Crippen LogP contribution < -0.4 is 10.2 Å². The van der Waals surface area contributed by atoms with Crippen LogP contribution >= 0.6 is 0 Å². The van der Waals surface area contributed by atoms with Crippen LogP contribution in [0, 0.1) is 13.8 Å². The van der Waals surface area contributed by atoms with Gasteiger partial charge in [0.25, 0.3) is 0 Å². The van der Waals surface area contributed by atoms with Gasteiger partial charge in [-0.2, -0.15) is 5.10 Å². The third-order valence-corrected chi connectivity index (χ3v) is 4.87. The van der Waals surface area contributed by atoms with E-state index in [-0.39, 0.29) is 12.1 Å². The van der Waals surface area contributed by atoms with Crippen LogP contribution in [-0.4, -0.2) is 47.3 Å². The summed E-state index contributed by atoms with van der Waals surface area (Å²) in [6, 6.07) is 10.4. The van der Waals surface area contributed by atoms with E-state index in [0.717, 1.165) is 37.3 Å². The largest absolute Gasteiger partial charge is 0.353 e. The molecule has 1 aliphatic heterocycles. The van der Waals surface area contributed by atoms with Crippen LogP contribution in [-0.2, 0) is 6.54 Å². The lowest BCUT2D eigenvalue weighted by Gasteiger charge is -2.38. The summed E-state index contributed by atoms with van der Waals surface area (Å²) in [7, 11) is 1.88. The first-order chi connectivity index (χ1) is 12.5. The second-order valence-corrected chi connectivity index (χ2v) is 7.09. The molecule has 1 N–H and O–H groups in total. The maximum atomic E-state index is 12.6. The number of aromatic nitrogens is 2. The fourth-order valence-corrected chi connectivity index (χ4v) is 3.58. The summed E-state index contributed by atoms with van der Waals surface area (Å²) in [6.07, 6.45) is 3.72. The van der Waals surface area contributed by atoms with Gasteiger partial charge in [0, 0.05) is 32.9 Å². The highest BCUT2D eigenvalue weighted by molar-refractivity contribution is 5.74. The predicted molar refractivity (Wildman–Crippen MR) is 103 cm³/mol. The van der Waals surface area contributed by atoms with Crippen LogP contribution in [0.1, 0.15) is 29.5 Å². The Kier molecular flexibility index (Phi) is 5.71. The van der Waals surface area contributed by atoms with Crippen molar-refractivity contribution in [3.63, 3.8) is 0 Å². The molecule has 2 amide bonds. The normalized spacial score (nSPS) is 17.0. The summed E-state index contributed by atoms with van der Waals surface area (Å²) >= 11 is 0. The maximum Gasteiger partial charge on any atom is 0.317 e. The lowest BCUT2D eigenvalue weighted by atomic mass is 10.0. The van der Waals surface area contributed by atoms with E-state index in [4.69, 9.17) is 0 Å². The molecule has 0 aliphatic carbocycles. The molecule has 1 aliphatic rings. The SMILES string of the molecule is Cc1cc(C)cc(CNC(=O)N(C)[C@@H]2CCCN(c3cccnn3)C2)c1. The Morgan fingerprint density at radius 3 is 2.77 bits per heavy atom. The number of anilines is 1. The van der Waals surface area contributed by atoms with Crippen LogP contribution in [0.25, 0.3) is 0 Å². The van der Waals surface area contributed by atoms with Gasteiger partial charge in [-0.15, -0.1) is 5.10 Å². The molecule has 0 bridgehead atoms. The van der Waals surface area contributed by atoms with Gasteiger partial charge in [0.05, 0.1) is 6.04 Å². The molecular formula is C20H27N5O.